The van der Waals surface area contributed by atoms with E-state index in [0.717, 1.165) is 18.9 Å². The van der Waals surface area contributed by atoms with Crippen LogP contribution < -0.4 is 5.32 Å². The monoisotopic (exact) mass is 229 g/mol. The summed E-state index contributed by atoms with van der Waals surface area (Å²) in [6.07, 6.45) is 1.72. The fourth-order valence-electron chi connectivity index (χ4n) is 2.12. The third-order valence-electron chi connectivity index (χ3n) is 3.14. The van der Waals surface area contributed by atoms with Crippen molar-refractivity contribution in [2.24, 2.45) is 0 Å². The highest BCUT2D eigenvalue weighted by atomic mass is 19.2. The van der Waals surface area contributed by atoms with Gasteiger partial charge in [-0.1, -0.05) is 0 Å². The minimum absolute atomic E-state index is 0.0636. The zero-order chi connectivity index (χ0) is 11.7. The molecule has 88 valence electrons. The number of nitrogens with one attached hydrogen (secondary N) is 1. The standard InChI is InChI=1S/C12H14F3N/c1-7-2-3-8(6-16-7)9-4-11(14)12(15)5-10(9)13/h4-5,7-8,16H,2-3,6H2,1H3. The van der Waals surface area contributed by atoms with Crippen LogP contribution in [-0.4, -0.2) is 12.6 Å². The van der Waals surface area contributed by atoms with E-state index in [0.29, 0.717) is 18.7 Å². The van der Waals surface area contributed by atoms with E-state index < -0.39 is 17.5 Å². The van der Waals surface area contributed by atoms with Crippen LogP contribution in [0.4, 0.5) is 13.2 Å². The minimum Gasteiger partial charge on any atom is -0.314 e. The van der Waals surface area contributed by atoms with E-state index in [1.54, 1.807) is 0 Å². The lowest BCUT2D eigenvalue weighted by Gasteiger charge is -2.28. The first-order valence-electron chi connectivity index (χ1n) is 5.45. The SMILES string of the molecule is CC1CCC(c2cc(F)c(F)cc2F)CN1. The van der Waals surface area contributed by atoms with E-state index in [-0.39, 0.29) is 11.5 Å². The first-order chi connectivity index (χ1) is 7.58. The summed E-state index contributed by atoms with van der Waals surface area (Å²) in [6, 6.07) is 2.01. The van der Waals surface area contributed by atoms with Crippen molar-refractivity contribution in [3.63, 3.8) is 0 Å². The molecule has 1 heterocycles. The highest BCUT2D eigenvalue weighted by Crippen LogP contribution is 2.28. The maximum Gasteiger partial charge on any atom is 0.161 e. The Morgan fingerprint density at radius 2 is 1.75 bits per heavy atom. The second kappa shape index (κ2) is 4.45. The van der Waals surface area contributed by atoms with Crippen LogP contribution in [0.15, 0.2) is 12.1 Å². The third-order valence-corrected chi connectivity index (χ3v) is 3.14. The maximum absolute atomic E-state index is 13.5. The minimum atomic E-state index is -1.13. The summed E-state index contributed by atoms with van der Waals surface area (Å²) in [7, 11) is 0. The van der Waals surface area contributed by atoms with Gasteiger partial charge < -0.3 is 5.32 Å². The van der Waals surface area contributed by atoms with Gasteiger partial charge in [0.1, 0.15) is 5.82 Å². The molecule has 0 aliphatic carbocycles. The summed E-state index contributed by atoms with van der Waals surface area (Å²) >= 11 is 0. The largest absolute Gasteiger partial charge is 0.314 e. The number of hydrogen-bond acceptors (Lipinski definition) is 1. The fraction of sp³-hybridized carbons (Fsp3) is 0.500. The maximum atomic E-state index is 13.5. The summed E-state index contributed by atoms with van der Waals surface area (Å²) in [6.45, 7) is 2.67. The lowest BCUT2D eigenvalue weighted by atomic mass is 9.89. The first-order valence-corrected chi connectivity index (χ1v) is 5.45. The Balaban J connectivity index is 2.23. The number of rotatable bonds is 1. The Labute approximate surface area is 92.7 Å². The molecule has 1 aliphatic rings. The molecule has 16 heavy (non-hydrogen) atoms. The molecule has 1 aliphatic heterocycles. The van der Waals surface area contributed by atoms with Crippen LogP contribution in [0.1, 0.15) is 31.2 Å². The van der Waals surface area contributed by atoms with Crippen molar-refractivity contribution in [3.05, 3.63) is 35.1 Å². The smallest absolute Gasteiger partial charge is 0.161 e. The van der Waals surface area contributed by atoms with Crippen LogP contribution >= 0.6 is 0 Å². The molecule has 0 saturated carbocycles. The van der Waals surface area contributed by atoms with Gasteiger partial charge in [0.15, 0.2) is 11.6 Å². The van der Waals surface area contributed by atoms with E-state index in [4.69, 9.17) is 0 Å². The molecule has 1 nitrogen and oxygen atoms in total. The number of piperidine rings is 1. The topological polar surface area (TPSA) is 12.0 Å². The van der Waals surface area contributed by atoms with E-state index in [1.807, 2.05) is 0 Å². The van der Waals surface area contributed by atoms with Crippen molar-refractivity contribution in [2.45, 2.75) is 31.7 Å². The normalized spacial score (nSPS) is 25.8. The Morgan fingerprint density at radius 1 is 1.06 bits per heavy atom. The third kappa shape index (κ3) is 2.21. The Morgan fingerprint density at radius 3 is 2.38 bits per heavy atom. The Hall–Kier alpha value is -1.03. The van der Waals surface area contributed by atoms with Gasteiger partial charge in [0, 0.05) is 18.7 Å². The summed E-state index contributed by atoms with van der Waals surface area (Å²) in [5.74, 6) is -2.82. The van der Waals surface area contributed by atoms with Crippen molar-refractivity contribution in [1.82, 2.24) is 5.32 Å². The lowest BCUT2D eigenvalue weighted by molar-refractivity contribution is 0.374. The quantitative estimate of drug-likeness (QED) is 0.730. The van der Waals surface area contributed by atoms with Crippen LogP contribution in [0.2, 0.25) is 0 Å². The van der Waals surface area contributed by atoms with Gasteiger partial charge in [-0.3, -0.25) is 0 Å². The zero-order valence-electron chi connectivity index (χ0n) is 9.06. The molecule has 1 fully saturated rings. The number of hydrogen-bond donors (Lipinski definition) is 1. The summed E-state index contributed by atoms with van der Waals surface area (Å²) in [5.41, 5.74) is 0.276. The van der Waals surface area contributed by atoms with Crippen molar-refractivity contribution < 1.29 is 13.2 Å². The van der Waals surface area contributed by atoms with Crippen LogP contribution in [0.25, 0.3) is 0 Å². The molecular weight excluding hydrogens is 215 g/mol. The van der Waals surface area contributed by atoms with E-state index >= 15 is 0 Å². The lowest BCUT2D eigenvalue weighted by Crippen LogP contribution is -2.36. The molecule has 0 bridgehead atoms. The van der Waals surface area contributed by atoms with Gasteiger partial charge in [-0.2, -0.15) is 0 Å². The molecule has 0 radical (unpaired) electrons. The highest BCUT2D eigenvalue weighted by molar-refractivity contribution is 5.24. The molecule has 1 N–H and O–H groups in total. The number of benzene rings is 1. The summed E-state index contributed by atoms with van der Waals surface area (Å²) in [5, 5.41) is 3.21. The molecule has 0 amide bonds. The molecule has 0 spiro atoms. The molecule has 4 heteroatoms. The predicted octanol–water partition coefficient (Wildman–Crippen LogP) is 2.96. The molecule has 2 unspecified atom stereocenters. The van der Waals surface area contributed by atoms with E-state index in [9.17, 15) is 13.2 Å². The van der Waals surface area contributed by atoms with Crippen LogP contribution in [0.5, 0.6) is 0 Å². The number of halogens is 3. The van der Waals surface area contributed by atoms with Crippen molar-refractivity contribution in [1.29, 1.82) is 0 Å². The predicted molar refractivity (Wildman–Crippen MR) is 55.8 cm³/mol. The van der Waals surface area contributed by atoms with Crippen molar-refractivity contribution in [3.8, 4) is 0 Å². The van der Waals surface area contributed by atoms with E-state index in [1.165, 1.54) is 0 Å². The second-order valence-corrected chi connectivity index (χ2v) is 4.37. The molecule has 1 aromatic carbocycles. The highest BCUT2D eigenvalue weighted by Gasteiger charge is 2.23. The van der Waals surface area contributed by atoms with Gasteiger partial charge in [0.25, 0.3) is 0 Å². The Kier molecular flexibility index (Phi) is 3.19. The molecule has 2 atom stereocenters. The van der Waals surface area contributed by atoms with Crippen molar-refractivity contribution in [2.75, 3.05) is 6.54 Å². The van der Waals surface area contributed by atoms with Gasteiger partial charge >= 0.3 is 0 Å². The summed E-state index contributed by atoms with van der Waals surface area (Å²) < 4.78 is 39.3. The van der Waals surface area contributed by atoms with Gasteiger partial charge in [-0.05, 0) is 37.3 Å². The van der Waals surface area contributed by atoms with Crippen LogP contribution in [-0.2, 0) is 0 Å². The zero-order valence-corrected chi connectivity index (χ0v) is 9.06. The summed E-state index contributed by atoms with van der Waals surface area (Å²) in [4.78, 5) is 0. The first kappa shape index (κ1) is 11.5. The van der Waals surface area contributed by atoms with Gasteiger partial charge in [0.2, 0.25) is 0 Å². The molecular formula is C12H14F3N. The molecule has 1 saturated heterocycles. The van der Waals surface area contributed by atoms with Crippen molar-refractivity contribution >= 4 is 0 Å². The van der Waals surface area contributed by atoms with Crippen LogP contribution in [0, 0.1) is 17.5 Å². The second-order valence-electron chi connectivity index (χ2n) is 4.37. The van der Waals surface area contributed by atoms with Gasteiger partial charge in [0.05, 0.1) is 0 Å². The van der Waals surface area contributed by atoms with Gasteiger partial charge in [-0.25, -0.2) is 13.2 Å². The van der Waals surface area contributed by atoms with E-state index in [2.05, 4.69) is 12.2 Å². The molecule has 1 aromatic rings. The Bertz CT molecular complexity index is 384. The molecule has 0 aromatic heterocycles. The average Bonchev–Trinajstić information content (AvgIpc) is 2.25. The average molecular weight is 229 g/mol. The van der Waals surface area contributed by atoms with Crippen LogP contribution in [0.3, 0.4) is 0 Å². The molecule has 2 rings (SSSR count). The van der Waals surface area contributed by atoms with Gasteiger partial charge in [-0.15, -0.1) is 0 Å². The fourth-order valence-corrected chi connectivity index (χ4v) is 2.12.